The molecule has 6 aromatic carbocycles. The van der Waals surface area contributed by atoms with Gasteiger partial charge in [0.2, 0.25) is 0 Å². The van der Waals surface area contributed by atoms with Crippen LogP contribution in [0.15, 0.2) is 158 Å². The van der Waals surface area contributed by atoms with Gasteiger partial charge in [0.1, 0.15) is 0 Å². The van der Waals surface area contributed by atoms with E-state index in [1.165, 1.54) is 43.4 Å². The van der Waals surface area contributed by atoms with Crippen LogP contribution in [0.5, 0.6) is 0 Å². The van der Waals surface area contributed by atoms with Crippen LogP contribution < -0.4 is 20.9 Å². The highest BCUT2D eigenvalue weighted by Crippen LogP contribution is 2.43. The Hall–Kier alpha value is -4.66. The molecule has 2 heteroatoms. The number of anilines is 2. The highest BCUT2D eigenvalue weighted by molar-refractivity contribution is 7.13. The van der Waals surface area contributed by atoms with E-state index >= 15 is 0 Å². The van der Waals surface area contributed by atoms with Gasteiger partial charge in [0.05, 0.1) is 5.69 Å². The minimum Gasteiger partial charge on any atom is -0.355 e. The fourth-order valence-electron chi connectivity index (χ4n) is 7.02. The van der Waals surface area contributed by atoms with Crippen LogP contribution >= 0.6 is 0 Å². The molecule has 0 spiro atoms. The molecule has 6 rings (SSSR count). The molecular weight excluding hydrogens is 571 g/mol. The Morgan fingerprint density at radius 1 is 0.435 bits per heavy atom. The van der Waals surface area contributed by atoms with Gasteiger partial charge in [-0.05, 0) is 67.0 Å². The summed E-state index contributed by atoms with van der Waals surface area (Å²) in [5, 5.41) is 8.25. The number of hydrogen-bond donors (Lipinski definition) is 1. The van der Waals surface area contributed by atoms with Crippen LogP contribution in [0.1, 0.15) is 47.1 Å². The molecule has 0 fully saturated rings. The van der Waals surface area contributed by atoms with E-state index in [9.17, 15) is 0 Å². The zero-order valence-corrected chi connectivity index (χ0v) is 29.0. The highest BCUT2D eigenvalue weighted by atomic mass is 28.3. The van der Waals surface area contributed by atoms with Gasteiger partial charge in [0.25, 0.3) is 0 Å². The van der Waals surface area contributed by atoms with Crippen molar-refractivity contribution in [2.75, 3.05) is 5.32 Å². The first-order chi connectivity index (χ1) is 22.1. The molecule has 1 N–H and O–H groups in total. The molecule has 0 radical (unpaired) electrons. The minimum absolute atomic E-state index is 0.00301. The summed E-state index contributed by atoms with van der Waals surface area (Å²) in [6, 6.07) is 58.0. The van der Waals surface area contributed by atoms with E-state index < -0.39 is 8.07 Å². The Kier molecular flexibility index (Phi) is 8.59. The maximum Gasteiger partial charge on any atom is 0.153 e. The molecule has 0 heterocycles. The fraction of sp³-hybridized carbons (Fsp3) is 0.182. The Balaban J connectivity index is 1.53. The van der Waals surface area contributed by atoms with Crippen molar-refractivity contribution in [2.24, 2.45) is 0 Å². The summed E-state index contributed by atoms with van der Waals surface area (Å²) in [5.41, 5.74) is 8.37. The molecule has 0 aliphatic carbocycles. The first kappa shape index (κ1) is 31.3. The zero-order chi connectivity index (χ0) is 32.4. The van der Waals surface area contributed by atoms with Crippen molar-refractivity contribution in [3.63, 3.8) is 0 Å². The van der Waals surface area contributed by atoms with Crippen molar-refractivity contribution >= 4 is 35.0 Å². The molecule has 0 atom stereocenters. The van der Waals surface area contributed by atoms with Gasteiger partial charge >= 0.3 is 0 Å². The van der Waals surface area contributed by atoms with Crippen molar-refractivity contribution in [3.8, 4) is 22.3 Å². The van der Waals surface area contributed by atoms with Crippen molar-refractivity contribution in [3.05, 3.63) is 163 Å². The van der Waals surface area contributed by atoms with Gasteiger partial charge in [-0.15, -0.1) is 0 Å². The molecule has 6 aromatic rings. The van der Waals surface area contributed by atoms with Crippen LogP contribution in [0.3, 0.4) is 0 Å². The molecule has 0 aliphatic heterocycles. The summed E-state index contributed by atoms with van der Waals surface area (Å²) in [4.78, 5) is 0. The summed E-state index contributed by atoms with van der Waals surface area (Å²) >= 11 is 0. The van der Waals surface area contributed by atoms with E-state index in [-0.39, 0.29) is 10.5 Å². The van der Waals surface area contributed by atoms with Crippen LogP contribution in [0.25, 0.3) is 22.3 Å². The summed E-state index contributed by atoms with van der Waals surface area (Å²) < 4.78 is 0. The molecule has 0 bridgehead atoms. The third-order valence-electron chi connectivity index (χ3n) is 9.30. The van der Waals surface area contributed by atoms with Gasteiger partial charge in [-0.25, -0.2) is 0 Å². The van der Waals surface area contributed by atoms with Gasteiger partial charge in [0, 0.05) is 16.8 Å². The largest absolute Gasteiger partial charge is 0.355 e. The van der Waals surface area contributed by atoms with Gasteiger partial charge in [-0.3, -0.25) is 0 Å². The maximum atomic E-state index is 3.93. The Labute approximate surface area is 277 Å². The van der Waals surface area contributed by atoms with E-state index in [4.69, 9.17) is 0 Å². The SMILES string of the molecule is CC(C)(C)c1cc(-c2ccccc2)c(Nc2ccc([Si](c3ccccc3)(c3ccccc3)C(C)(C)C)cc2)c(-c2ccccc2)c1. The highest BCUT2D eigenvalue weighted by Gasteiger charge is 2.49. The monoisotopic (exact) mass is 615 g/mol. The molecule has 0 aliphatic rings. The number of hydrogen-bond acceptors (Lipinski definition) is 1. The molecule has 46 heavy (non-hydrogen) atoms. The molecule has 0 amide bonds. The third kappa shape index (κ3) is 5.98. The van der Waals surface area contributed by atoms with E-state index in [0.29, 0.717) is 0 Å². The van der Waals surface area contributed by atoms with Crippen molar-refractivity contribution in [1.29, 1.82) is 0 Å². The lowest BCUT2D eigenvalue weighted by atomic mass is 9.82. The first-order valence-electron chi connectivity index (χ1n) is 16.4. The summed E-state index contributed by atoms with van der Waals surface area (Å²) in [6.07, 6.45) is 0. The standard InChI is InChI=1S/C44H45NSi/c1-43(2,3)35-31-40(33-19-11-7-12-20-33)42(41(32-35)34-21-13-8-14-22-34)45-36-27-29-39(30-28-36)46(44(4,5)6,37-23-15-9-16-24-37)38-25-17-10-18-26-38/h7-32,45H,1-6H3. The number of nitrogens with one attached hydrogen (secondary N) is 1. The van der Waals surface area contributed by atoms with Gasteiger partial charge < -0.3 is 5.32 Å². The third-order valence-corrected chi connectivity index (χ3v) is 15.1. The van der Waals surface area contributed by atoms with Gasteiger partial charge in [0.15, 0.2) is 8.07 Å². The molecular formula is C44H45NSi. The lowest BCUT2D eigenvalue weighted by Gasteiger charge is -2.44. The second-order valence-corrected chi connectivity index (χ2v) is 19.1. The lowest BCUT2D eigenvalue weighted by Crippen LogP contribution is -2.72. The Morgan fingerprint density at radius 2 is 0.804 bits per heavy atom. The van der Waals surface area contributed by atoms with Crippen LogP contribution in [0, 0.1) is 0 Å². The summed E-state index contributed by atoms with van der Waals surface area (Å²) in [6.45, 7) is 14.1. The second kappa shape index (κ2) is 12.6. The average molecular weight is 616 g/mol. The van der Waals surface area contributed by atoms with Crippen LogP contribution in [-0.4, -0.2) is 8.07 Å². The van der Waals surface area contributed by atoms with E-state index in [0.717, 1.165) is 11.4 Å². The smallest absolute Gasteiger partial charge is 0.153 e. The van der Waals surface area contributed by atoms with Crippen molar-refractivity contribution in [1.82, 2.24) is 0 Å². The first-order valence-corrected chi connectivity index (χ1v) is 18.4. The topological polar surface area (TPSA) is 12.0 Å². The Bertz CT molecular complexity index is 1780. The average Bonchev–Trinajstić information content (AvgIpc) is 3.06. The fourth-order valence-corrected chi connectivity index (χ4v) is 12.7. The predicted molar refractivity (Wildman–Crippen MR) is 203 cm³/mol. The molecule has 1 nitrogen and oxygen atoms in total. The summed E-state index contributed by atoms with van der Waals surface area (Å²) in [5.74, 6) is 0. The zero-order valence-electron chi connectivity index (χ0n) is 28.0. The maximum absolute atomic E-state index is 3.93. The quantitative estimate of drug-likeness (QED) is 0.139. The molecule has 230 valence electrons. The van der Waals surface area contributed by atoms with Gasteiger partial charge in [-0.1, -0.05) is 175 Å². The van der Waals surface area contributed by atoms with E-state index in [1.54, 1.807) is 0 Å². The Morgan fingerprint density at radius 3 is 1.17 bits per heavy atom. The van der Waals surface area contributed by atoms with E-state index in [2.05, 4.69) is 205 Å². The molecule has 0 saturated heterocycles. The number of rotatable bonds is 7. The van der Waals surface area contributed by atoms with Crippen molar-refractivity contribution in [2.45, 2.75) is 52.0 Å². The van der Waals surface area contributed by atoms with Crippen LogP contribution in [0.2, 0.25) is 5.04 Å². The van der Waals surface area contributed by atoms with Crippen LogP contribution in [0.4, 0.5) is 11.4 Å². The van der Waals surface area contributed by atoms with Crippen molar-refractivity contribution < 1.29 is 0 Å². The van der Waals surface area contributed by atoms with Gasteiger partial charge in [-0.2, -0.15) is 0 Å². The lowest BCUT2D eigenvalue weighted by molar-refractivity contribution is 0.591. The number of benzene rings is 6. The van der Waals surface area contributed by atoms with Crippen LogP contribution in [-0.2, 0) is 5.41 Å². The molecule has 0 saturated carbocycles. The molecule has 0 unspecified atom stereocenters. The minimum atomic E-state index is -2.42. The predicted octanol–water partition coefficient (Wildman–Crippen LogP) is 10.3. The van der Waals surface area contributed by atoms with E-state index in [1.807, 2.05) is 0 Å². The summed E-state index contributed by atoms with van der Waals surface area (Å²) in [7, 11) is -2.42. The normalized spacial score (nSPS) is 12.1. The molecule has 0 aromatic heterocycles. The second-order valence-electron chi connectivity index (χ2n) is 14.4.